The fraction of sp³-hybridized carbons (Fsp3) is 0.250. The van der Waals surface area contributed by atoms with Gasteiger partial charge in [0.2, 0.25) is 10.0 Å². The van der Waals surface area contributed by atoms with Gasteiger partial charge in [-0.1, -0.05) is 18.2 Å². The van der Waals surface area contributed by atoms with Crippen molar-refractivity contribution in [2.45, 2.75) is 26.0 Å². The molecule has 0 aliphatic carbocycles. The second-order valence-corrected chi connectivity index (χ2v) is 9.56. The van der Waals surface area contributed by atoms with Crippen molar-refractivity contribution in [2.24, 2.45) is 0 Å². The van der Waals surface area contributed by atoms with E-state index in [4.69, 9.17) is 4.74 Å². The number of hydrogen-bond donors (Lipinski definition) is 0. The molecule has 0 saturated heterocycles. The van der Waals surface area contributed by atoms with E-state index in [1.807, 2.05) is 36.6 Å². The Labute approximate surface area is 162 Å². The van der Waals surface area contributed by atoms with E-state index >= 15 is 0 Å². The van der Waals surface area contributed by atoms with Crippen molar-refractivity contribution in [1.29, 1.82) is 0 Å². The Kier molecular flexibility index (Phi) is 4.44. The lowest BCUT2D eigenvalue weighted by Crippen LogP contribution is -2.34. The molecule has 0 fully saturated rings. The maximum absolute atomic E-state index is 12.5. The van der Waals surface area contributed by atoms with Gasteiger partial charge >= 0.3 is 5.97 Å². The number of anilines is 1. The first kappa shape index (κ1) is 18.0. The third kappa shape index (κ3) is 3.33. The molecule has 0 spiro atoms. The summed E-state index contributed by atoms with van der Waals surface area (Å²) in [6.07, 6.45) is 1.78. The summed E-state index contributed by atoms with van der Waals surface area (Å²) in [6.45, 7) is 2.08. The quantitative estimate of drug-likeness (QED) is 0.621. The van der Waals surface area contributed by atoms with Gasteiger partial charge in [0.25, 0.3) is 0 Å². The van der Waals surface area contributed by atoms with Crippen LogP contribution in [-0.4, -0.2) is 26.7 Å². The van der Waals surface area contributed by atoms with Crippen LogP contribution in [-0.2, 0) is 27.8 Å². The van der Waals surface area contributed by atoms with Crippen LogP contribution in [0.5, 0.6) is 0 Å². The van der Waals surface area contributed by atoms with Gasteiger partial charge in [-0.3, -0.25) is 4.31 Å². The number of sulfonamides is 1. The summed E-state index contributed by atoms with van der Waals surface area (Å²) < 4.78 is 32.1. The first-order valence-corrected chi connectivity index (χ1v) is 11.3. The smallest absolute Gasteiger partial charge is 0.338 e. The van der Waals surface area contributed by atoms with Crippen molar-refractivity contribution in [3.63, 3.8) is 0 Å². The highest BCUT2D eigenvalue weighted by Gasteiger charge is 2.32. The molecule has 1 aromatic heterocycles. The molecule has 1 unspecified atom stereocenters. The van der Waals surface area contributed by atoms with E-state index in [0.717, 1.165) is 21.2 Å². The molecule has 4 rings (SSSR count). The third-order valence-corrected chi connectivity index (χ3v) is 7.03. The predicted molar refractivity (Wildman–Crippen MR) is 108 cm³/mol. The molecule has 0 N–H and O–H groups in total. The minimum atomic E-state index is -3.34. The normalized spacial score (nSPS) is 16.5. The van der Waals surface area contributed by atoms with Gasteiger partial charge in [0.15, 0.2) is 0 Å². The number of rotatable bonds is 4. The SMILES string of the molecule is CC1Cc2cc(C(=O)OCc3csc4ccccc34)ccc2N1S(C)(=O)=O. The third-order valence-electron chi connectivity index (χ3n) is 4.75. The van der Waals surface area contributed by atoms with E-state index in [9.17, 15) is 13.2 Å². The summed E-state index contributed by atoms with van der Waals surface area (Å²) in [4.78, 5) is 12.5. The minimum absolute atomic E-state index is 0.154. The minimum Gasteiger partial charge on any atom is -0.457 e. The van der Waals surface area contributed by atoms with Gasteiger partial charge in [0.05, 0.1) is 17.5 Å². The zero-order valence-corrected chi connectivity index (χ0v) is 16.6. The summed E-state index contributed by atoms with van der Waals surface area (Å²) in [5.74, 6) is -0.404. The molecule has 0 bridgehead atoms. The van der Waals surface area contributed by atoms with Crippen molar-refractivity contribution in [2.75, 3.05) is 10.6 Å². The summed E-state index contributed by atoms with van der Waals surface area (Å²) in [5, 5.41) is 3.11. The van der Waals surface area contributed by atoms with E-state index in [1.54, 1.807) is 29.5 Å². The second kappa shape index (κ2) is 6.65. The van der Waals surface area contributed by atoms with Gasteiger partial charge in [-0.15, -0.1) is 11.3 Å². The van der Waals surface area contributed by atoms with Crippen molar-refractivity contribution >= 4 is 43.1 Å². The fourth-order valence-electron chi connectivity index (χ4n) is 3.61. The van der Waals surface area contributed by atoms with Crippen LogP contribution < -0.4 is 4.31 Å². The van der Waals surface area contributed by atoms with E-state index < -0.39 is 16.0 Å². The zero-order chi connectivity index (χ0) is 19.2. The molecule has 7 heteroatoms. The fourth-order valence-corrected chi connectivity index (χ4v) is 5.82. The first-order valence-electron chi connectivity index (χ1n) is 8.59. The number of hydrogen-bond acceptors (Lipinski definition) is 5. The van der Waals surface area contributed by atoms with Crippen molar-refractivity contribution in [3.05, 3.63) is 64.5 Å². The van der Waals surface area contributed by atoms with Gasteiger partial charge in [-0.25, -0.2) is 13.2 Å². The lowest BCUT2D eigenvalue weighted by Gasteiger charge is -2.21. The average Bonchev–Trinajstić information content (AvgIpc) is 3.18. The van der Waals surface area contributed by atoms with Crippen LogP contribution in [0.2, 0.25) is 0 Å². The zero-order valence-electron chi connectivity index (χ0n) is 15.0. The number of carbonyl (C=O) groups excluding carboxylic acids is 1. The average molecular weight is 402 g/mol. The molecule has 1 aliphatic heterocycles. The van der Waals surface area contributed by atoms with E-state index in [2.05, 4.69) is 0 Å². The Morgan fingerprint density at radius 1 is 1.26 bits per heavy atom. The van der Waals surface area contributed by atoms with Crippen LogP contribution in [0.15, 0.2) is 47.8 Å². The molecule has 2 aromatic carbocycles. The maximum atomic E-state index is 12.5. The Morgan fingerprint density at radius 2 is 2.04 bits per heavy atom. The number of nitrogens with zero attached hydrogens (tertiary/aromatic N) is 1. The summed E-state index contributed by atoms with van der Waals surface area (Å²) in [6, 6.07) is 12.9. The van der Waals surface area contributed by atoms with Crippen LogP contribution in [0.1, 0.15) is 28.4 Å². The summed E-state index contributed by atoms with van der Waals surface area (Å²) >= 11 is 1.63. The van der Waals surface area contributed by atoms with Gasteiger partial charge in [-0.05, 0) is 53.9 Å². The molecule has 0 amide bonds. The molecule has 0 saturated carbocycles. The van der Waals surface area contributed by atoms with Gasteiger partial charge < -0.3 is 4.74 Å². The lowest BCUT2D eigenvalue weighted by molar-refractivity contribution is 0.0474. The van der Waals surface area contributed by atoms with Crippen LogP contribution in [0.3, 0.4) is 0 Å². The number of carbonyl (C=O) groups is 1. The molecule has 0 radical (unpaired) electrons. The Morgan fingerprint density at radius 3 is 2.81 bits per heavy atom. The predicted octanol–water partition coefficient (Wildman–Crippen LogP) is 3.97. The summed E-state index contributed by atoms with van der Waals surface area (Å²) in [5.41, 5.74) is 2.92. The monoisotopic (exact) mass is 401 g/mol. The lowest BCUT2D eigenvalue weighted by atomic mass is 10.1. The van der Waals surface area contributed by atoms with E-state index in [-0.39, 0.29) is 12.6 Å². The highest BCUT2D eigenvalue weighted by atomic mass is 32.2. The van der Waals surface area contributed by atoms with Crippen molar-refractivity contribution in [3.8, 4) is 0 Å². The Balaban J connectivity index is 1.53. The Bertz CT molecular complexity index is 1130. The van der Waals surface area contributed by atoms with Gasteiger partial charge in [0, 0.05) is 16.3 Å². The molecular formula is C20H19NO4S2. The molecule has 1 atom stereocenters. The topological polar surface area (TPSA) is 63.7 Å². The highest BCUT2D eigenvalue weighted by Crippen LogP contribution is 2.35. The van der Waals surface area contributed by atoms with Crippen LogP contribution in [0, 0.1) is 0 Å². The van der Waals surface area contributed by atoms with Crippen molar-refractivity contribution in [1.82, 2.24) is 0 Å². The van der Waals surface area contributed by atoms with Gasteiger partial charge in [-0.2, -0.15) is 0 Å². The standard InChI is InChI=1S/C20H19NO4S2/c1-13-9-15-10-14(7-8-18(15)21(13)27(2,23)24)20(22)25-11-16-12-26-19-6-4-3-5-17(16)19/h3-8,10,12-13H,9,11H2,1-2H3. The molecule has 140 valence electrons. The summed E-state index contributed by atoms with van der Waals surface area (Å²) in [7, 11) is -3.34. The van der Waals surface area contributed by atoms with E-state index in [1.165, 1.54) is 10.6 Å². The maximum Gasteiger partial charge on any atom is 0.338 e. The number of benzene rings is 2. The molecule has 27 heavy (non-hydrogen) atoms. The molecular weight excluding hydrogens is 382 g/mol. The van der Waals surface area contributed by atoms with Crippen LogP contribution >= 0.6 is 11.3 Å². The largest absolute Gasteiger partial charge is 0.457 e. The molecule has 2 heterocycles. The number of thiophene rings is 1. The highest BCUT2D eigenvalue weighted by molar-refractivity contribution is 7.92. The first-order chi connectivity index (χ1) is 12.8. The molecule has 3 aromatic rings. The van der Waals surface area contributed by atoms with E-state index in [0.29, 0.717) is 17.7 Å². The second-order valence-electron chi connectivity index (χ2n) is 6.79. The van der Waals surface area contributed by atoms with Crippen molar-refractivity contribution < 1.29 is 17.9 Å². The molecule has 1 aliphatic rings. The number of ether oxygens (including phenoxy) is 1. The molecule has 5 nitrogen and oxygen atoms in total. The van der Waals surface area contributed by atoms with Gasteiger partial charge in [0.1, 0.15) is 6.61 Å². The van der Waals surface area contributed by atoms with Crippen LogP contribution in [0.25, 0.3) is 10.1 Å². The number of fused-ring (bicyclic) bond motifs is 2. The Hall–Kier alpha value is -2.38. The van der Waals surface area contributed by atoms with Crippen LogP contribution in [0.4, 0.5) is 5.69 Å². The number of esters is 1.